The van der Waals surface area contributed by atoms with Crippen LogP contribution in [0.4, 0.5) is 0 Å². The van der Waals surface area contributed by atoms with Crippen molar-refractivity contribution in [1.82, 2.24) is 0 Å². The van der Waals surface area contributed by atoms with Gasteiger partial charge in [-0.15, -0.1) is 39.8 Å². The van der Waals surface area contributed by atoms with Gasteiger partial charge < -0.3 is 0 Å². The molecule has 0 amide bonds. The van der Waals surface area contributed by atoms with Crippen molar-refractivity contribution in [2.75, 3.05) is 0 Å². The largest absolute Gasteiger partial charge is 0.165 e. The number of hydrogen-bond acceptors (Lipinski definition) is 1. The average Bonchev–Trinajstić information content (AvgIpc) is 3.31. The van der Waals surface area contributed by atoms with Crippen molar-refractivity contribution < 1.29 is 26.2 Å². The second-order valence-corrected chi connectivity index (χ2v) is 13.7. The van der Waals surface area contributed by atoms with Crippen LogP contribution in [0.5, 0.6) is 0 Å². The van der Waals surface area contributed by atoms with Crippen LogP contribution in [0, 0.1) is 6.92 Å². The smallest absolute Gasteiger partial charge is 0.0941 e. The molecule has 1 aromatic heterocycles. The maximum absolute atomic E-state index is 2.51. The van der Waals surface area contributed by atoms with Crippen LogP contribution in [-0.4, -0.2) is 8.07 Å². The molecule has 0 saturated heterocycles. The van der Waals surface area contributed by atoms with Crippen LogP contribution < -0.4 is 0 Å². The van der Waals surface area contributed by atoms with Gasteiger partial charge >= 0.3 is 0 Å². The van der Waals surface area contributed by atoms with Gasteiger partial charge in [-0.05, 0) is 34.5 Å². The molecule has 3 aliphatic rings. The van der Waals surface area contributed by atoms with Crippen molar-refractivity contribution >= 4 is 46.2 Å². The van der Waals surface area contributed by atoms with Crippen LogP contribution in [0.25, 0.3) is 26.7 Å². The van der Waals surface area contributed by atoms with Crippen molar-refractivity contribution in [1.29, 1.82) is 0 Å². The fourth-order valence-electron chi connectivity index (χ4n) is 5.22. The first-order valence-electron chi connectivity index (χ1n) is 9.32. The molecule has 27 heavy (non-hydrogen) atoms. The van der Waals surface area contributed by atoms with E-state index in [0.29, 0.717) is 0 Å². The summed E-state index contributed by atoms with van der Waals surface area (Å²) in [6.07, 6.45) is 0. The van der Waals surface area contributed by atoms with E-state index >= 15 is 0 Å². The first-order valence-corrected chi connectivity index (χ1v) is 13.3. The number of allylic oxidation sites excluding steroid dienone is 1. The predicted octanol–water partition coefficient (Wildman–Crippen LogP) is 7.44. The van der Waals surface area contributed by atoms with Gasteiger partial charge in [0.25, 0.3) is 0 Å². The second kappa shape index (κ2) is 6.72. The fourth-order valence-corrected chi connectivity index (χ4v) is 11.4. The summed E-state index contributed by atoms with van der Waals surface area (Å²) in [5.74, 6) is 0. The van der Waals surface area contributed by atoms with Gasteiger partial charge in [-0.2, -0.15) is 6.07 Å². The zero-order valence-corrected chi connectivity index (χ0v) is 20.5. The molecule has 4 aromatic rings. The van der Waals surface area contributed by atoms with Gasteiger partial charge in [0.2, 0.25) is 0 Å². The predicted molar refractivity (Wildman–Crippen MR) is 119 cm³/mol. The summed E-state index contributed by atoms with van der Waals surface area (Å²) in [5, 5.41) is 9.43. The number of thiophene rings is 1. The Kier molecular flexibility index (Phi) is 4.78. The summed E-state index contributed by atoms with van der Waals surface area (Å²) in [6.45, 7) is 9.49. The Morgan fingerprint density at radius 2 is 1.74 bits per heavy atom. The van der Waals surface area contributed by atoms with Crippen molar-refractivity contribution in [3.8, 4) is 0 Å². The molecule has 3 aromatic carbocycles. The standard InChI is InChI=1S/C14H11.C10H12SSi.Zr/c1-10-8-12-7-6-11-4-2-3-5-13(11)14(12)9-10;1-6-9-7-4-5-11-8(7)10(6)12(9,2)3;/h2-9H,1H3;4-5,9H,1-3H3;/q-1;;. The maximum Gasteiger partial charge on any atom is 0.0941 e. The minimum Gasteiger partial charge on any atom is -0.165 e. The summed E-state index contributed by atoms with van der Waals surface area (Å²) in [6, 6.07) is 19.8. The molecule has 2 aliphatic heterocycles. The van der Waals surface area contributed by atoms with E-state index in [2.05, 4.69) is 86.9 Å². The van der Waals surface area contributed by atoms with Crippen LogP contribution in [0.2, 0.25) is 13.1 Å². The molecule has 1 atom stereocenters. The molecule has 3 heterocycles. The molecule has 2 bridgehead atoms. The molecule has 0 N–H and O–H groups in total. The summed E-state index contributed by atoms with van der Waals surface area (Å²) >= 11 is 1.94. The molecule has 1 aliphatic carbocycles. The molecule has 0 spiro atoms. The first kappa shape index (κ1) is 19.2. The van der Waals surface area contributed by atoms with Gasteiger partial charge in [0.1, 0.15) is 0 Å². The molecule has 3 heteroatoms. The summed E-state index contributed by atoms with van der Waals surface area (Å²) in [7, 11) is -0.972. The van der Waals surface area contributed by atoms with Gasteiger partial charge in [-0.25, -0.2) is 0 Å². The summed E-state index contributed by atoms with van der Waals surface area (Å²) < 4.78 is 0. The van der Waals surface area contributed by atoms with Crippen LogP contribution in [0.3, 0.4) is 0 Å². The maximum atomic E-state index is 2.51. The van der Waals surface area contributed by atoms with E-state index in [-0.39, 0.29) is 26.2 Å². The van der Waals surface area contributed by atoms with E-state index in [9.17, 15) is 0 Å². The monoisotopic (exact) mass is 461 g/mol. The molecular weight excluding hydrogens is 440 g/mol. The van der Waals surface area contributed by atoms with Gasteiger partial charge in [0, 0.05) is 36.6 Å². The third-order valence-corrected chi connectivity index (χ3v) is 11.4. The molecule has 0 nitrogen and oxygen atoms in total. The Morgan fingerprint density at radius 3 is 2.48 bits per heavy atom. The van der Waals surface area contributed by atoms with E-state index < -0.39 is 8.07 Å². The van der Waals surface area contributed by atoms with Crippen molar-refractivity contribution in [3.63, 3.8) is 0 Å². The molecule has 0 saturated carbocycles. The van der Waals surface area contributed by atoms with Crippen molar-refractivity contribution in [2.24, 2.45) is 0 Å². The van der Waals surface area contributed by atoms with Gasteiger partial charge in [0.05, 0.1) is 8.07 Å². The third kappa shape index (κ3) is 2.74. The zero-order chi connectivity index (χ0) is 18.1. The number of benzene rings is 2. The molecule has 1 unspecified atom stereocenters. The Bertz CT molecular complexity index is 1190. The number of hydrogen-bond donors (Lipinski definition) is 0. The van der Waals surface area contributed by atoms with E-state index in [1.807, 2.05) is 11.3 Å². The van der Waals surface area contributed by atoms with E-state index in [1.54, 1.807) is 21.2 Å². The third-order valence-electron chi connectivity index (χ3n) is 6.19. The van der Waals surface area contributed by atoms with Gasteiger partial charge in [-0.1, -0.05) is 61.3 Å². The molecule has 0 radical (unpaired) electrons. The average molecular weight is 463 g/mol. The van der Waals surface area contributed by atoms with Crippen molar-refractivity contribution in [2.45, 2.75) is 32.5 Å². The van der Waals surface area contributed by atoms with Crippen molar-refractivity contribution in [3.05, 3.63) is 81.6 Å². The van der Waals surface area contributed by atoms with Crippen LogP contribution >= 0.6 is 11.3 Å². The fraction of sp³-hybridized carbons (Fsp3) is 0.208. The van der Waals surface area contributed by atoms with E-state index in [1.165, 1.54) is 27.1 Å². The molecule has 0 fully saturated rings. The Hall–Kier alpha value is -1.15. The minimum atomic E-state index is -0.972. The minimum absolute atomic E-state index is 0. The van der Waals surface area contributed by atoms with Gasteiger partial charge in [0.15, 0.2) is 0 Å². The Morgan fingerprint density at radius 1 is 0.963 bits per heavy atom. The normalized spacial score (nSPS) is 18.6. The molecular formula is C24H23SSiZr-. The SMILES string of the molecule is CC1=C2c3sccc3C1[Si]2(C)C.Cc1cc2c(ccc3ccccc32)[cH-]1.[Zr]. The summed E-state index contributed by atoms with van der Waals surface area (Å²) in [5.41, 5.74) is 5.57. The van der Waals surface area contributed by atoms with E-state index in [4.69, 9.17) is 0 Å². The molecule has 7 rings (SSSR count). The van der Waals surface area contributed by atoms with Crippen LogP contribution in [-0.2, 0) is 26.2 Å². The number of fused-ring (bicyclic) bond motifs is 3. The first-order chi connectivity index (χ1) is 12.5. The molecule has 134 valence electrons. The number of aryl methyl sites for hydroxylation is 1. The van der Waals surface area contributed by atoms with Crippen LogP contribution in [0.15, 0.2) is 65.6 Å². The summed E-state index contributed by atoms with van der Waals surface area (Å²) in [4.78, 5) is 1.63. The number of rotatable bonds is 0. The van der Waals surface area contributed by atoms with E-state index in [0.717, 1.165) is 5.54 Å². The van der Waals surface area contributed by atoms with Crippen LogP contribution in [0.1, 0.15) is 28.5 Å². The zero-order valence-electron chi connectivity index (χ0n) is 16.3. The topological polar surface area (TPSA) is 0 Å². The quantitative estimate of drug-likeness (QED) is 0.188. The Labute approximate surface area is 185 Å². The second-order valence-electron chi connectivity index (χ2n) is 8.24. The van der Waals surface area contributed by atoms with Gasteiger partial charge in [-0.3, -0.25) is 0 Å². The Balaban J connectivity index is 0.000000130.